The number of aromatic nitrogens is 3. The van der Waals surface area contributed by atoms with E-state index in [0.717, 1.165) is 17.9 Å². The van der Waals surface area contributed by atoms with E-state index in [9.17, 15) is 0 Å². The fourth-order valence-corrected chi connectivity index (χ4v) is 1.75. The van der Waals surface area contributed by atoms with Crippen molar-refractivity contribution in [1.82, 2.24) is 15.0 Å². The van der Waals surface area contributed by atoms with Crippen LogP contribution in [0.5, 0.6) is 5.75 Å². The number of aryl methyl sites for hydroxylation is 1. The number of ether oxygens (including phenoxy) is 1. The summed E-state index contributed by atoms with van der Waals surface area (Å²) >= 11 is 0. The van der Waals surface area contributed by atoms with Gasteiger partial charge < -0.3 is 10.5 Å². The fourth-order valence-electron chi connectivity index (χ4n) is 1.75. The Balaban J connectivity index is 1.96. The van der Waals surface area contributed by atoms with Gasteiger partial charge in [0.1, 0.15) is 18.1 Å². The van der Waals surface area contributed by atoms with Gasteiger partial charge in [0.15, 0.2) is 0 Å². The number of benzene rings is 1. The third-order valence-electron chi connectivity index (χ3n) is 2.49. The minimum atomic E-state index is 0.153. The van der Waals surface area contributed by atoms with Crippen LogP contribution < -0.4 is 10.5 Å². The predicted molar refractivity (Wildman–Crippen MR) is 69.1 cm³/mol. The average Bonchev–Trinajstić information content (AvgIpc) is 2.72. The van der Waals surface area contributed by atoms with E-state index in [1.165, 1.54) is 5.56 Å². The summed E-state index contributed by atoms with van der Waals surface area (Å²) in [5.41, 5.74) is 7.78. The first-order chi connectivity index (χ1) is 8.63. The highest BCUT2D eigenvalue weighted by molar-refractivity contribution is 5.29. The highest BCUT2D eigenvalue weighted by Crippen LogP contribution is 2.15. The molecule has 0 bridgehead atoms. The van der Waals surface area contributed by atoms with E-state index in [-0.39, 0.29) is 6.04 Å². The second kappa shape index (κ2) is 5.64. The van der Waals surface area contributed by atoms with Gasteiger partial charge in [-0.15, -0.1) is 5.10 Å². The molecule has 5 nitrogen and oxygen atoms in total. The van der Waals surface area contributed by atoms with Crippen LogP contribution in [0.2, 0.25) is 0 Å². The van der Waals surface area contributed by atoms with Gasteiger partial charge in [0.2, 0.25) is 0 Å². The Hall–Kier alpha value is -1.88. The largest absolute Gasteiger partial charge is 0.487 e. The van der Waals surface area contributed by atoms with Crippen molar-refractivity contribution in [2.75, 3.05) is 0 Å². The van der Waals surface area contributed by atoms with Crippen LogP contribution in [0, 0.1) is 0 Å². The molecule has 0 aliphatic carbocycles. The summed E-state index contributed by atoms with van der Waals surface area (Å²) in [6.07, 6.45) is 2.69. The highest BCUT2D eigenvalue weighted by atomic mass is 16.5. The van der Waals surface area contributed by atoms with Gasteiger partial charge in [0, 0.05) is 13.1 Å². The molecule has 96 valence electrons. The normalized spacial score (nSPS) is 12.4. The lowest BCUT2D eigenvalue weighted by molar-refractivity contribution is 0.301. The molecule has 0 aliphatic rings. The van der Waals surface area contributed by atoms with Gasteiger partial charge in [-0.05, 0) is 31.0 Å². The zero-order chi connectivity index (χ0) is 13.0. The minimum Gasteiger partial charge on any atom is -0.487 e. The summed E-state index contributed by atoms with van der Waals surface area (Å²) in [5, 5.41) is 7.83. The summed E-state index contributed by atoms with van der Waals surface area (Å²) in [6.45, 7) is 2.42. The minimum absolute atomic E-state index is 0.153. The number of nitrogens with zero attached hydrogens (tertiary/aromatic N) is 3. The van der Waals surface area contributed by atoms with Crippen molar-refractivity contribution >= 4 is 0 Å². The number of rotatable bonds is 5. The van der Waals surface area contributed by atoms with Crippen molar-refractivity contribution in [1.29, 1.82) is 0 Å². The Morgan fingerprint density at radius 1 is 1.44 bits per heavy atom. The number of hydrogen-bond acceptors (Lipinski definition) is 4. The van der Waals surface area contributed by atoms with Crippen LogP contribution in [0.15, 0.2) is 30.5 Å². The van der Waals surface area contributed by atoms with Crippen molar-refractivity contribution in [2.24, 2.45) is 12.8 Å². The first-order valence-corrected chi connectivity index (χ1v) is 5.96. The van der Waals surface area contributed by atoms with E-state index < -0.39 is 0 Å². The molecule has 5 heteroatoms. The Morgan fingerprint density at radius 3 is 2.94 bits per heavy atom. The molecule has 1 heterocycles. The summed E-state index contributed by atoms with van der Waals surface area (Å²) in [6, 6.07) is 8.13. The van der Waals surface area contributed by atoms with Crippen LogP contribution in [-0.4, -0.2) is 21.0 Å². The topological polar surface area (TPSA) is 66.0 Å². The molecule has 18 heavy (non-hydrogen) atoms. The molecule has 1 atom stereocenters. The molecule has 0 aliphatic heterocycles. The lowest BCUT2D eigenvalue weighted by Crippen LogP contribution is -2.17. The highest BCUT2D eigenvalue weighted by Gasteiger charge is 2.02. The van der Waals surface area contributed by atoms with Crippen LogP contribution in [0.3, 0.4) is 0 Å². The molecule has 1 aromatic carbocycles. The zero-order valence-corrected chi connectivity index (χ0v) is 10.7. The third kappa shape index (κ3) is 3.56. The Morgan fingerprint density at radius 2 is 2.28 bits per heavy atom. The molecule has 0 saturated heterocycles. The van der Waals surface area contributed by atoms with Gasteiger partial charge in [-0.25, -0.2) is 0 Å². The standard InChI is InChI=1S/C13H18N4O/c1-10(14)6-11-4-3-5-13(7-11)18-9-12-8-17(2)16-15-12/h3-5,7-8,10H,6,9,14H2,1-2H3. The molecule has 0 spiro atoms. The molecular formula is C13H18N4O. The van der Waals surface area contributed by atoms with Gasteiger partial charge in [-0.2, -0.15) is 0 Å². The summed E-state index contributed by atoms with van der Waals surface area (Å²) in [5.74, 6) is 0.832. The Bertz CT molecular complexity index is 507. The monoisotopic (exact) mass is 246 g/mol. The Labute approximate surface area is 107 Å². The molecule has 1 unspecified atom stereocenters. The number of nitrogens with two attached hydrogens (primary N) is 1. The van der Waals surface area contributed by atoms with Crippen LogP contribution in [-0.2, 0) is 20.1 Å². The zero-order valence-electron chi connectivity index (χ0n) is 10.7. The van der Waals surface area contributed by atoms with E-state index >= 15 is 0 Å². The predicted octanol–water partition coefficient (Wildman–Crippen LogP) is 1.28. The van der Waals surface area contributed by atoms with Crippen LogP contribution in [0.1, 0.15) is 18.2 Å². The van der Waals surface area contributed by atoms with Gasteiger partial charge in [-0.3, -0.25) is 4.68 Å². The second-order valence-electron chi connectivity index (χ2n) is 4.50. The molecule has 2 aromatic rings. The smallest absolute Gasteiger partial charge is 0.134 e. The first-order valence-electron chi connectivity index (χ1n) is 5.96. The summed E-state index contributed by atoms with van der Waals surface area (Å²) in [7, 11) is 1.83. The lowest BCUT2D eigenvalue weighted by Gasteiger charge is -2.08. The average molecular weight is 246 g/mol. The summed E-state index contributed by atoms with van der Waals surface area (Å²) < 4.78 is 7.33. The maximum Gasteiger partial charge on any atom is 0.134 e. The van der Waals surface area contributed by atoms with E-state index in [2.05, 4.69) is 16.4 Å². The van der Waals surface area contributed by atoms with Crippen molar-refractivity contribution in [3.05, 3.63) is 41.7 Å². The molecule has 1 aromatic heterocycles. The van der Waals surface area contributed by atoms with E-state index in [1.54, 1.807) is 4.68 Å². The third-order valence-corrected chi connectivity index (χ3v) is 2.49. The maximum atomic E-state index is 5.78. The SMILES string of the molecule is CC(N)Cc1cccc(OCc2cn(C)nn2)c1. The Kier molecular flexibility index (Phi) is 3.94. The maximum absolute atomic E-state index is 5.78. The molecule has 0 fully saturated rings. The van der Waals surface area contributed by atoms with Gasteiger partial charge >= 0.3 is 0 Å². The van der Waals surface area contributed by atoms with Gasteiger partial charge in [0.25, 0.3) is 0 Å². The number of hydrogen-bond donors (Lipinski definition) is 1. The quantitative estimate of drug-likeness (QED) is 0.863. The fraction of sp³-hybridized carbons (Fsp3) is 0.385. The van der Waals surface area contributed by atoms with Crippen LogP contribution in [0.25, 0.3) is 0 Å². The van der Waals surface area contributed by atoms with Gasteiger partial charge in [0.05, 0.1) is 6.20 Å². The van der Waals surface area contributed by atoms with Crippen molar-refractivity contribution < 1.29 is 4.74 Å². The van der Waals surface area contributed by atoms with Crippen LogP contribution >= 0.6 is 0 Å². The molecular weight excluding hydrogens is 228 g/mol. The van der Waals surface area contributed by atoms with Crippen molar-refractivity contribution in [2.45, 2.75) is 26.0 Å². The lowest BCUT2D eigenvalue weighted by atomic mass is 10.1. The molecule has 2 rings (SSSR count). The van der Waals surface area contributed by atoms with E-state index in [0.29, 0.717) is 6.61 Å². The molecule has 0 radical (unpaired) electrons. The van der Waals surface area contributed by atoms with Gasteiger partial charge in [-0.1, -0.05) is 17.3 Å². The van der Waals surface area contributed by atoms with Crippen molar-refractivity contribution in [3.8, 4) is 5.75 Å². The summed E-state index contributed by atoms with van der Waals surface area (Å²) in [4.78, 5) is 0. The van der Waals surface area contributed by atoms with Crippen LogP contribution in [0.4, 0.5) is 0 Å². The molecule has 0 saturated carbocycles. The van der Waals surface area contributed by atoms with Crippen molar-refractivity contribution in [3.63, 3.8) is 0 Å². The van der Waals surface area contributed by atoms with E-state index in [1.807, 2.05) is 38.4 Å². The molecule has 0 amide bonds. The molecule has 2 N–H and O–H groups in total. The van der Waals surface area contributed by atoms with E-state index in [4.69, 9.17) is 10.5 Å². The first kappa shape index (κ1) is 12.6. The second-order valence-corrected chi connectivity index (χ2v) is 4.50.